The molecule has 0 aromatic heterocycles. The molecule has 0 spiro atoms. The SMILES string of the molecule is CC(C)(C)C1CCN(c2cc(F)ccc2N)C1. The Hall–Kier alpha value is -1.25. The molecular weight excluding hydrogens is 215 g/mol. The Morgan fingerprint density at radius 1 is 1.35 bits per heavy atom. The number of anilines is 2. The van der Waals surface area contributed by atoms with Crippen LogP contribution in [0.25, 0.3) is 0 Å². The van der Waals surface area contributed by atoms with Gasteiger partial charge in [0.2, 0.25) is 0 Å². The standard InChI is InChI=1S/C14H21FN2/c1-14(2,3)10-6-7-17(9-10)13-8-11(15)4-5-12(13)16/h4-5,8,10H,6-7,9,16H2,1-3H3. The smallest absolute Gasteiger partial charge is 0.125 e. The van der Waals surface area contributed by atoms with Crippen molar-refractivity contribution in [2.45, 2.75) is 27.2 Å². The normalized spacial score (nSPS) is 20.9. The maximum Gasteiger partial charge on any atom is 0.125 e. The Kier molecular flexibility index (Phi) is 3.02. The first-order chi connectivity index (χ1) is 7.88. The molecule has 0 aliphatic carbocycles. The molecule has 1 aromatic rings. The Morgan fingerprint density at radius 3 is 2.65 bits per heavy atom. The molecule has 0 radical (unpaired) electrons. The third kappa shape index (κ3) is 2.54. The molecule has 94 valence electrons. The van der Waals surface area contributed by atoms with Crippen molar-refractivity contribution >= 4 is 11.4 Å². The number of rotatable bonds is 1. The zero-order valence-electron chi connectivity index (χ0n) is 10.8. The molecule has 17 heavy (non-hydrogen) atoms. The van der Waals surface area contributed by atoms with Crippen molar-refractivity contribution in [1.82, 2.24) is 0 Å². The van der Waals surface area contributed by atoms with Crippen molar-refractivity contribution in [1.29, 1.82) is 0 Å². The van der Waals surface area contributed by atoms with Crippen molar-refractivity contribution in [3.05, 3.63) is 24.0 Å². The minimum Gasteiger partial charge on any atom is -0.397 e. The van der Waals surface area contributed by atoms with Gasteiger partial charge >= 0.3 is 0 Å². The maximum absolute atomic E-state index is 13.2. The van der Waals surface area contributed by atoms with Gasteiger partial charge in [0.15, 0.2) is 0 Å². The number of nitrogens with zero attached hydrogens (tertiary/aromatic N) is 1. The van der Waals surface area contributed by atoms with Crippen molar-refractivity contribution in [3.8, 4) is 0 Å². The Bertz CT molecular complexity index is 409. The summed E-state index contributed by atoms with van der Waals surface area (Å²) in [6.45, 7) is 8.72. The van der Waals surface area contributed by atoms with Gasteiger partial charge in [0.05, 0.1) is 11.4 Å². The summed E-state index contributed by atoms with van der Waals surface area (Å²) in [5, 5.41) is 0. The summed E-state index contributed by atoms with van der Waals surface area (Å²) < 4.78 is 13.2. The van der Waals surface area contributed by atoms with E-state index in [0.29, 0.717) is 17.0 Å². The fourth-order valence-electron chi connectivity index (χ4n) is 2.48. The van der Waals surface area contributed by atoms with E-state index in [0.717, 1.165) is 25.2 Å². The van der Waals surface area contributed by atoms with Crippen LogP contribution in [0.3, 0.4) is 0 Å². The average Bonchev–Trinajstić information content (AvgIpc) is 2.70. The predicted octanol–water partition coefficient (Wildman–Crippen LogP) is 3.28. The molecule has 1 saturated heterocycles. The first kappa shape index (κ1) is 12.2. The van der Waals surface area contributed by atoms with Crippen LogP contribution in [0.4, 0.5) is 15.8 Å². The maximum atomic E-state index is 13.2. The summed E-state index contributed by atoms with van der Waals surface area (Å²) >= 11 is 0. The first-order valence-electron chi connectivity index (χ1n) is 6.18. The zero-order chi connectivity index (χ0) is 12.6. The van der Waals surface area contributed by atoms with E-state index in [2.05, 4.69) is 25.7 Å². The van der Waals surface area contributed by atoms with Gasteiger partial charge in [0, 0.05) is 13.1 Å². The Balaban J connectivity index is 2.18. The van der Waals surface area contributed by atoms with Gasteiger partial charge < -0.3 is 10.6 Å². The molecule has 1 fully saturated rings. The highest BCUT2D eigenvalue weighted by atomic mass is 19.1. The van der Waals surface area contributed by atoms with Crippen LogP contribution < -0.4 is 10.6 Å². The van der Waals surface area contributed by atoms with Crippen LogP contribution in [0.2, 0.25) is 0 Å². The fraction of sp³-hybridized carbons (Fsp3) is 0.571. The summed E-state index contributed by atoms with van der Waals surface area (Å²) in [6.07, 6.45) is 1.15. The third-order valence-corrected chi connectivity index (χ3v) is 3.75. The molecule has 3 heteroatoms. The third-order valence-electron chi connectivity index (χ3n) is 3.75. The molecular formula is C14H21FN2. The van der Waals surface area contributed by atoms with Gasteiger partial charge in [-0.3, -0.25) is 0 Å². The lowest BCUT2D eigenvalue weighted by atomic mass is 9.80. The molecule has 1 atom stereocenters. The minimum atomic E-state index is -0.214. The molecule has 1 heterocycles. The second-order valence-electron chi connectivity index (χ2n) is 6.00. The average molecular weight is 236 g/mol. The fourth-order valence-corrected chi connectivity index (χ4v) is 2.48. The molecule has 0 saturated carbocycles. The molecule has 2 N–H and O–H groups in total. The van der Waals surface area contributed by atoms with Gasteiger partial charge in [-0.15, -0.1) is 0 Å². The molecule has 1 unspecified atom stereocenters. The second-order valence-corrected chi connectivity index (χ2v) is 6.00. The van der Waals surface area contributed by atoms with Gasteiger partial charge in [-0.25, -0.2) is 4.39 Å². The van der Waals surface area contributed by atoms with Gasteiger partial charge in [-0.2, -0.15) is 0 Å². The molecule has 1 aliphatic heterocycles. The second kappa shape index (κ2) is 4.21. The lowest BCUT2D eigenvalue weighted by molar-refractivity contribution is 0.263. The van der Waals surface area contributed by atoms with Crippen molar-refractivity contribution in [3.63, 3.8) is 0 Å². The Morgan fingerprint density at radius 2 is 2.06 bits per heavy atom. The summed E-state index contributed by atoms with van der Waals surface area (Å²) in [6, 6.07) is 4.60. The van der Waals surface area contributed by atoms with E-state index in [1.54, 1.807) is 12.1 Å². The quantitative estimate of drug-likeness (QED) is 0.758. The topological polar surface area (TPSA) is 29.3 Å². The van der Waals surface area contributed by atoms with Crippen molar-refractivity contribution < 1.29 is 4.39 Å². The molecule has 1 aromatic carbocycles. The van der Waals surface area contributed by atoms with E-state index in [4.69, 9.17) is 5.73 Å². The predicted molar refractivity (Wildman–Crippen MR) is 70.6 cm³/mol. The molecule has 1 aliphatic rings. The number of benzene rings is 1. The summed E-state index contributed by atoms with van der Waals surface area (Å²) in [7, 11) is 0. The van der Waals surface area contributed by atoms with Crippen LogP contribution in [-0.4, -0.2) is 13.1 Å². The number of nitrogens with two attached hydrogens (primary N) is 1. The number of nitrogen functional groups attached to an aromatic ring is 1. The number of hydrogen-bond donors (Lipinski definition) is 1. The highest BCUT2D eigenvalue weighted by Gasteiger charge is 2.32. The van der Waals surface area contributed by atoms with E-state index >= 15 is 0 Å². The first-order valence-corrected chi connectivity index (χ1v) is 6.18. The summed E-state index contributed by atoms with van der Waals surface area (Å²) in [5.41, 5.74) is 7.73. The van der Waals surface area contributed by atoms with Crippen LogP contribution in [0, 0.1) is 17.2 Å². The Labute approximate surface area is 103 Å². The van der Waals surface area contributed by atoms with Crippen LogP contribution in [0.5, 0.6) is 0 Å². The highest BCUT2D eigenvalue weighted by molar-refractivity contribution is 5.67. The van der Waals surface area contributed by atoms with Crippen LogP contribution in [0.15, 0.2) is 18.2 Å². The van der Waals surface area contributed by atoms with E-state index < -0.39 is 0 Å². The van der Waals surface area contributed by atoms with E-state index in [9.17, 15) is 4.39 Å². The van der Waals surface area contributed by atoms with Crippen LogP contribution in [0.1, 0.15) is 27.2 Å². The van der Waals surface area contributed by atoms with Crippen molar-refractivity contribution in [2.75, 3.05) is 23.7 Å². The monoisotopic (exact) mass is 236 g/mol. The van der Waals surface area contributed by atoms with Crippen molar-refractivity contribution in [2.24, 2.45) is 11.3 Å². The van der Waals surface area contributed by atoms with Gasteiger partial charge in [-0.1, -0.05) is 20.8 Å². The van der Waals surface area contributed by atoms with Crippen LogP contribution in [-0.2, 0) is 0 Å². The van der Waals surface area contributed by atoms with Gasteiger partial charge in [0.25, 0.3) is 0 Å². The van der Waals surface area contributed by atoms with Gasteiger partial charge in [0.1, 0.15) is 5.82 Å². The summed E-state index contributed by atoms with van der Waals surface area (Å²) in [4.78, 5) is 2.20. The number of hydrogen-bond acceptors (Lipinski definition) is 2. The van der Waals surface area contributed by atoms with E-state index in [-0.39, 0.29) is 5.82 Å². The minimum absolute atomic E-state index is 0.214. The molecule has 2 nitrogen and oxygen atoms in total. The lowest BCUT2D eigenvalue weighted by Crippen LogP contribution is -2.26. The summed E-state index contributed by atoms with van der Waals surface area (Å²) in [5.74, 6) is 0.429. The number of halogens is 1. The van der Waals surface area contributed by atoms with E-state index in [1.165, 1.54) is 6.07 Å². The van der Waals surface area contributed by atoms with E-state index in [1.807, 2.05) is 0 Å². The largest absolute Gasteiger partial charge is 0.397 e. The van der Waals surface area contributed by atoms with Gasteiger partial charge in [-0.05, 0) is 36.0 Å². The lowest BCUT2D eigenvalue weighted by Gasteiger charge is -2.28. The molecule has 2 rings (SSSR count). The zero-order valence-corrected chi connectivity index (χ0v) is 10.8. The van der Waals surface area contributed by atoms with Crippen LogP contribution >= 0.6 is 0 Å². The molecule has 0 bridgehead atoms. The highest BCUT2D eigenvalue weighted by Crippen LogP contribution is 2.37. The molecule has 0 amide bonds.